The maximum absolute atomic E-state index is 12.6. The molecule has 2 unspecified atom stereocenters. The monoisotopic (exact) mass is 688 g/mol. The average Bonchev–Trinajstić information content (AvgIpc) is 3.15. The second-order valence-corrected chi connectivity index (χ2v) is 11.6. The van der Waals surface area contributed by atoms with Crippen LogP contribution in [0.2, 0.25) is 0 Å². The lowest BCUT2D eigenvalue weighted by Gasteiger charge is -2.23. The molecular weight excluding hydrogens is 648 g/mol. The number of para-hydroxylation sites is 3. The molecule has 0 N–H and O–H groups in total. The molecule has 5 aromatic carbocycles. The van der Waals surface area contributed by atoms with Crippen molar-refractivity contribution in [2.75, 3.05) is 26.4 Å². The topological polar surface area (TPSA) is 98.8 Å². The minimum Gasteiger partial charge on any atom is -0.490 e. The molecule has 5 aromatic rings. The van der Waals surface area contributed by atoms with Crippen LogP contribution in [-0.4, -0.2) is 50.6 Å². The third kappa shape index (κ3) is 10.6. The number of fused-ring (bicyclic) bond motifs is 1. The van der Waals surface area contributed by atoms with Gasteiger partial charge in [0.05, 0.1) is 0 Å². The van der Waals surface area contributed by atoms with Crippen molar-refractivity contribution >= 4 is 22.7 Å². The molecule has 0 fully saturated rings. The lowest BCUT2D eigenvalue weighted by atomic mass is 10.1. The fourth-order valence-electron chi connectivity index (χ4n) is 4.76. The second kappa shape index (κ2) is 18.0. The molecule has 262 valence electrons. The number of rotatable bonds is 18. The number of ether oxygens (including phenoxy) is 7. The first-order valence-corrected chi connectivity index (χ1v) is 16.4. The van der Waals surface area contributed by atoms with Crippen molar-refractivity contribution in [2.24, 2.45) is 0 Å². The van der Waals surface area contributed by atoms with Crippen LogP contribution in [0, 0.1) is 0 Å². The zero-order valence-electron chi connectivity index (χ0n) is 28.6. The number of carbonyl (C=O) groups is 2. The molecular formula is C42H40O9. The fraction of sp³-hybridized carbons (Fsp3) is 0.190. The second-order valence-electron chi connectivity index (χ2n) is 11.6. The van der Waals surface area contributed by atoms with Gasteiger partial charge in [-0.1, -0.05) is 92.0 Å². The average molecular weight is 689 g/mol. The van der Waals surface area contributed by atoms with E-state index in [2.05, 4.69) is 13.2 Å². The molecule has 0 bridgehead atoms. The van der Waals surface area contributed by atoms with Crippen LogP contribution in [0.3, 0.4) is 0 Å². The fourth-order valence-corrected chi connectivity index (χ4v) is 4.76. The Morgan fingerprint density at radius 2 is 0.922 bits per heavy atom. The SMILES string of the molecule is C=C(C)C(=O)OC(COc1ccccc1)COc1cc(Oc2ccccc2)c(OCC(COc2ccccc2)OC(=O)C(=C)C)c2ccccc12. The van der Waals surface area contributed by atoms with Gasteiger partial charge in [0.2, 0.25) is 0 Å². The number of esters is 2. The van der Waals surface area contributed by atoms with Gasteiger partial charge in [0.25, 0.3) is 0 Å². The maximum Gasteiger partial charge on any atom is 0.333 e. The Bertz CT molecular complexity index is 1920. The van der Waals surface area contributed by atoms with E-state index in [9.17, 15) is 9.59 Å². The van der Waals surface area contributed by atoms with Gasteiger partial charge in [-0.2, -0.15) is 0 Å². The normalized spacial score (nSPS) is 11.8. The predicted octanol–water partition coefficient (Wildman–Crippen LogP) is 8.52. The Kier molecular flexibility index (Phi) is 12.7. The van der Waals surface area contributed by atoms with Gasteiger partial charge in [0.1, 0.15) is 49.4 Å². The van der Waals surface area contributed by atoms with Crippen molar-refractivity contribution < 1.29 is 42.7 Å². The molecule has 0 heterocycles. The highest BCUT2D eigenvalue weighted by Crippen LogP contribution is 2.43. The van der Waals surface area contributed by atoms with Gasteiger partial charge < -0.3 is 33.2 Å². The van der Waals surface area contributed by atoms with Crippen molar-refractivity contribution in [1.82, 2.24) is 0 Å². The quantitative estimate of drug-likeness (QED) is 0.0663. The molecule has 0 amide bonds. The van der Waals surface area contributed by atoms with Gasteiger partial charge in [0, 0.05) is 28.0 Å². The molecule has 5 rings (SSSR count). The van der Waals surface area contributed by atoms with Crippen molar-refractivity contribution in [2.45, 2.75) is 26.1 Å². The molecule has 9 heteroatoms. The van der Waals surface area contributed by atoms with E-state index in [0.29, 0.717) is 45.3 Å². The molecule has 51 heavy (non-hydrogen) atoms. The number of carbonyl (C=O) groups excluding carboxylic acids is 2. The van der Waals surface area contributed by atoms with Crippen molar-refractivity contribution in [3.8, 4) is 34.5 Å². The molecule has 0 radical (unpaired) electrons. The van der Waals surface area contributed by atoms with Crippen LogP contribution in [0.25, 0.3) is 10.8 Å². The molecule has 0 saturated carbocycles. The van der Waals surface area contributed by atoms with Gasteiger partial charge in [-0.25, -0.2) is 9.59 Å². The van der Waals surface area contributed by atoms with Crippen molar-refractivity contribution in [1.29, 1.82) is 0 Å². The summed E-state index contributed by atoms with van der Waals surface area (Å²) in [6, 6.07) is 36.9. The Morgan fingerprint density at radius 3 is 1.41 bits per heavy atom. The Hall–Kier alpha value is -6.22. The van der Waals surface area contributed by atoms with Crippen molar-refractivity contribution in [3.63, 3.8) is 0 Å². The number of hydrogen-bond acceptors (Lipinski definition) is 9. The standard InChI is InChI=1S/C42H40O9/c1-29(2)41(43)50-34(25-45-31-16-8-5-9-17-31)27-47-38-24-39(49-33-20-12-7-13-21-33)40(37-23-15-14-22-36(37)38)48-28-35(51-42(44)30(3)4)26-46-32-18-10-6-11-19-32/h5-24,34-35H,1,3,25-28H2,2,4H3. The number of hydrogen-bond donors (Lipinski definition) is 0. The van der Waals surface area contributed by atoms with E-state index in [-0.39, 0.29) is 37.6 Å². The van der Waals surface area contributed by atoms with Crippen LogP contribution in [0.15, 0.2) is 146 Å². The zero-order chi connectivity index (χ0) is 36.0. The van der Waals surface area contributed by atoms with E-state index < -0.39 is 24.1 Å². The largest absolute Gasteiger partial charge is 0.490 e. The summed E-state index contributed by atoms with van der Waals surface area (Å²) in [7, 11) is 0. The highest BCUT2D eigenvalue weighted by Gasteiger charge is 2.23. The Labute approximate surface area is 297 Å². The summed E-state index contributed by atoms with van der Waals surface area (Å²) in [6.45, 7) is 10.6. The lowest BCUT2D eigenvalue weighted by Crippen LogP contribution is -2.31. The van der Waals surface area contributed by atoms with Gasteiger partial charge >= 0.3 is 11.9 Å². The van der Waals surface area contributed by atoms with E-state index in [1.165, 1.54) is 0 Å². The lowest BCUT2D eigenvalue weighted by molar-refractivity contribution is -0.148. The molecule has 9 nitrogen and oxygen atoms in total. The molecule has 0 aromatic heterocycles. The highest BCUT2D eigenvalue weighted by atomic mass is 16.6. The molecule has 0 spiro atoms. The minimum absolute atomic E-state index is 0.0312. The zero-order valence-corrected chi connectivity index (χ0v) is 28.6. The number of benzene rings is 5. The Morgan fingerprint density at radius 1 is 0.510 bits per heavy atom. The summed E-state index contributed by atoms with van der Waals surface area (Å²) >= 11 is 0. The maximum atomic E-state index is 12.6. The summed E-state index contributed by atoms with van der Waals surface area (Å²) in [5.74, 6) is 1.89. The first kappa shape index (κ1) is 36.1. The third-order valence-electron chi connectivity index (χ3n) is 7.33. The van der Waals surface area contributed by atoms with Crippen LogP contribution in [-0.2, 0) is 19.1 Å². The van der Waals surface area contributed by atoms with Crippen LogP contribution >= 0.6 is 0 Å². The summed E-state index contributed by atoms with van der Waals surface area (Å²) in [5, 5.41) is 1.38. The molecule has 0 aliphatic heterocycles. The van der Waals surface area contributed by atoms with Gasteiger partial charge in [-0.15, -0.1) is 0 Å². The third-order valence-corrected chi connectivity index (χ3v) is 7.33. The van der Waals surface area contributed by atoms with Gasteiger partial charge in [0.15, 0.2) is 23.7 Å². The molecule has 0 aliphatic rings. The minimum atomic E-state index is -0.790. The van der Waals surface area contributed by atoms with E-state index >= 15 is 0 Å². The van der Waals surface area contributed by atoms with E-state index in [0.717, 1.165) is 0 Å². The van der Waals surface area contributed by atoms with E-state index in [1.54, 1.807) is 19.9 Å². The van der Waals surface area contributed by atoms with E-state index in [4.69, 9.17) is 33.2 Å². The van der Waals surface area contributed by atoms with Gasteiger partial charge in [-0.3, -0.25) is 0 Å². The molecule has 0 saturated heterocycles. The Balaban J connectivity index is 1.44. The van der Waals surface area contributed by atoms with Crippen LogP contribution in [0.5, 0.6) is 34.5 Å². The van der Waals surface area contributed by atoms with Crippen LogP contribution < -0.4 is 23.7 Å². The van der Waals surface area contributed by atoms with Crippen LogP contribution in [0.4, 0.5) is 0 Å². The smallest absolute Gasteiger partial charge is 0.333 e. The first-order valence-electron chi connectivity index (χ1n) is 16.4. The summed E-state index contributed by atoms with van der Waals surface area (Å²) < 4.78 is 42.4. The van der Waals surface area contributed by atoms with Crippen LogP contribution in [0.1, 0.15) is 13.8 Å². The predicted molar refractivity (Wildman–Crippen MR) is 195 cm³/mol. The van der Waals surface area contributed by atoms with Gasteiger partial charge in [-0.05, 0) is 50.2 Å². The first-order chi connectivity index (χ1) is 24.8. The molecule has 2 atom stereocenters. The van der Waals surface area contributed by atoms with Crippen molar-refractivity contribution in [3.05, 3.63) is 146 Å². The summed E-state index contributed by atoms with van der Waals surface area (Å²) in [5.41, 5.74) is 0.507. The summed E-state index contributed by atoms with van der Waals surface area (Å²) in [6.07, 6.45) is -1.56. The highest BCUT2D eigenvalue weighted by molar-refractivity contribution is 5.96. The summed E-state index contributed by atoms with van der Waals surface area (Å²) in [4.78, 5) is 25.1. The molecule has 0 aliphatic carbocycles. The van der Waals surface area contributed by atoms with E-state index in [1.807, 2.05) is 115 Å².